The van der Waals surface area contributed by atoms with Gasteiger partial charge < -0.3 is 5.32 Å². The van der Waals surface area contributed by atoms with Crippen LogP contribution in [-0.2, 0) is 0 Å². The second-order valence-corrected chi connectivity index (χ2v) is 5.08. The monoisotopic (exact) mass is 356 g/mol. The van der Waals surface area contributed by atoms with Gasteiger partial charge in [-0.05, 0) is 65.4 Å². The zero-order valence-electron chi connectivity index (χ0n) is 9.58. The topological polar surface area (TPSA) is 42.0 Å². The second-order valence-electron chi connectivity index (χ2n) is 3.83. The van der Waals surface area contributed by atoms with Gasteiger partial charge in [-0.1, -0.05) is 0 Å². The molecule has 0 saturated heterocycles. The number of hydrogen-bond acceptors (Lipinski definition) is 2. The highest BCUT2D eigenvalue weighted by atomic mass is 127. The molecule has 1 aromatic carbocycles. The predicted octanol–water partition coefficient (Wildman–Crippen LogP) is 3.39. The smallest absolute Gasteiger partial charge is 0.256 e. The first-order valence-electron chi connectivity index (χ1n) is 5.25. The Morgan fingerprint density at radius 1 is 1.33 bits per heavy atom. The standard InChI is InChI=1S/C13H10FIN2O/c1-8-4-9(6-10(14)5-8)13(18)17-12-3-2-11(15)7-16-12/h2-7H,1H3,(H,16,17,18). The minimum atomic E-state index is -0.421. The van der Waals surface area contributed by atoms with Crippen molar-refractivity contribution in [3.63, 3.8) is 0 Å². The normalized spacial score (nSPS) is 10.2. The van der Waals surface area contributed by atoms with E-state index >= 15 is 0 Å². The third kappa shape index (κ3) is 3.25. The molecule has 3 nitrogen and oxygen atoms in total. The van der Waals surface area contributed by atoms with E-state index in [-0.39, 0.29) is 11.5 Å². The Morgan fingerprint density at radius 2 is 2.11 bits per heavy atom. The first kappa shape index (κ1) is 12.9. The van der Waals surface area contributed by atoms with Gasteiger partial charge in [0.05, 0.1) is 0 Å². The average molecular weight is 356 g/mol. The van der Waals surface area contributed by atoms with Gasteiger partial charge in [0.25, 0.3) is 5.91 Å². The number of rotatable bonds is 2. The van der Waals surface area contributed by atoms with Crippen LogP contribution in [0.5, 0.6) is 0 Å². The van der Waals surface area contributed by atoms with E-state index in [1.54, 1.807) is 25.3 Å². The number of nitrogens with zero attached hydrogens (tertiary/aromatic N) is 1. The zero-order valence-corrected chi connectivity index (χ0v) is 11.7. The number of nitrogens with one attached hydrogen (secondary N) is 1. The molecule has 92 valence electrons. The summed E-state index contributed by atoms with van der Waals surface area (Å²) in [7, 11) is 0. The molecule has 0 bridgehead atoms. The van der Waals surface area contributed by atoms with Crippen molar-refractivity contribution < 1.29 is 9.18 Å². The maximum absolute atomic E-state index is 13.2. The predicted molar refractivity (Wildman–Crippen MR) is 76.0 cm³/mol. The summed E-state index contributed by atoms with van der Waals surface area (Å²) < 4.78 is 14.2. The molecular formula is C13H10FIN2O. The molecule has 0 unspecified atom stereocenters. The van der Waals surface area contributed by atoms with Gasteiger partial charge in [-0.15, -0.1) is 0 Å². The lowest BCUT2D eigenvalue weighted by molar-refractivity contribution is 0.102. The largest absolute Gasteiger partial charge is 0.307 e. The Bertz CT molecular complexity index is 564. The molecule has 0 radical (unpaired) electrons. The van der Waals surface area contributed by atoms with Crippen molar-refractivity contribution in [2.24, 2.45) is 0 Å². The first-order valence-corrected chi connectivity index (χ1v) is 6.32. The van der Waals surface area contributed by atoms with Gasteiger partial charge in [0, 0.05) is 15.3 Å². The SMILES string of the molecule is Cc1cc(F)cc(C(=O)Nc2ccc(I)cn2)c1. The summed E-state index contributed by atoms with van der Waals surface area (Å²) in [6.07, 6.45) is 1.65. The Kier molecular flexibility index (Phi) is 3.90. The quantitative estimate of drug-likeness (QED) is 0.839. The highest BCUT2D eigenvalue weighted by molar-refractivity contribution is 14.1. The number of hydrogen-bond donors (Lipinski definition) is 1. The summed E-state index contributed by atoms with van der Waals surface area (Å²) in [6.45, 7) is 1.74. The van der Waals surface area contributed by atoms with Crippen LogP contribution in [0, 0.1) is 16.3 Å². The Morgan fingerprint density at radius 3 is 2.72 bits per heavy atom. The summed E-state index contributed by atoms with van der Waals surface area (Å²) in [5.41, 5.74) is 0.989. The lowest BCUT2D eigenvalue weighted by Crippen LogP contribution is -2.13. The molecule has 0 spiro atoms. The maximum Gasteiger partial charge on any atom is 0.256 e. The molecule has 5 heteroatoms. The van der Waals surface area contributed by atoms with Crippen molar-refractivity contribution >= 4 is 34.3 Å². The molecule has 1 amide bonds. The lowest BCUT2D eigenvalue weighted by Gasteiger charge is -2.05. The average Bonchev–Trinajstić information content (AvgIpc) is 2.31. The van der Waals surface area contributed by atoms with Crippen LogP contribution in [0.4, 0.5) is 10.2 Å². The summed E-state index contributed by atoms with van der Waals surface area (Å²) >= 11 is 2.13. The van der Waals surface area contributed by atoms with Gasteiger partial charge in [-0.2, -0.15) is 0 Å². The fourth-order valence-electron chi connectivity index (χ4n) is 1.51. The van der Waals surface area contributed by atoms with Crippen LogP contribution in [0.15, 0.2) is 36.5 Å². The number of carbonyl (C=O) groups excluding carboxylic acids is 1. The molecule has 0 aliphatic rings. The number of aromatic nitrogens is 1. The fraction of sp³-hybridized carbons (Fsp3) is 0.0769. The van der Waals surface area contributed by atoms with Gasteiger partial charge in [0.1, 0.15) is 11.6 Å². The summed E-state index contributed by atoms with van der Waals surface area (Å²) in [5, 5.41) is 2.62. The molecule has 0 fully saturated rings. The molecule has 18 heavy (non-hydrogen) atoms. The molecule has 0 saturated carbocycles. The highest BCUT2D eigenvalue weighted by Gasteiger charge is 2.08. The van der Waals surface area contributed by atoms with Crippen LogP contribution in [0.2, 0.25) is 0 Å². The molecule has 1 aromatic heterocycles. The van der Waals surface area contributed by atoms with Crippen molar-refractivity contribution in [2.45, 2.75) is 6.92 Å². The van der Waals surface area contributed by atoms with Crippen LogP contribution in [0.3, 0.4) is 0 Å². The maximum atomic E-state index is 13.2. The molecule has 1 N–H and O–H groups in total. The Balaban J connectivity index is 2.19. The first-order chi connectivity index (χ1) is 8.54. The number of carbonyl (C=O) groups is 1. The molecule has 0 aliphatic heterocycles. The van der Waals surface area contributed by atoms with Crippen molar-refractivity contribution in [3.05, 3.63) is 57.0 Å². The highest BCUT2D eigenvalue weighted by Crippen LogP contribution is 2.12. The molecule has 2 aromatic rings. The third-order valence-corrected chi connectivity index (χ3v) is 2.91. The second kappa shape index (κ2) is 5.43. The number of amides is 1. The Hall–Kier alpha value is -1.50. The number of benzene rings is 1. The summed E-state index contributed by atoms with van der Waals surface area (Å²) in [6, 6.07) is 7.74. The molecular weight excluding hydrogens is 346 g/mol. The van der Waals surface area contributed by atoms with Gasteiger partial charge in [0.2, 0.25) is 0 Å². The van der Waals surface area contributed by atoms with Crippen LogP contribution < -0.4 is 5.32 Å². The fourth-order valence-corrected chi connectivity index (χ4v) is 1.82. The molecule has 0 atom stereocenters. The van der Waals surface area contributed by atoms with E-state index in [1.807, 2.05) is 6.07 Å². The minimum Gasteiger partial charge on any atom is -0.307 e. The minimum absolute atomic E-state index is 0.285. The van der Waals surface area contributed by atoms with E-state index < -0.39 is 5.82 Å². The van der Waals surface area contributed by atoms with Gasteiger partial charge in [0.15, 0.2) is 0 Å². The van der Waals surface area contributed by atoms with E-state index in [9.17, 15) is 9.18 Å². The number of pyridine rings is 1. The van der Waals surface area contributed by atoms with E-state index in [0.717, 1.165) is 3.57 Å². The van der Waals surface area contributed by atoms with E-state index in [1.165, 1.54) is 12.1 Å². The number of anilines is 1. The lowest BCUT2D eigenvalue weighted by atomic mass is 10.1. The number of halogens is 2. The molecule has 2 rings (SSSR count). The van der Waals surface area contributed by atoms with Crippen molar-refractivity contribution in [1.29, 1.82) is 0 Å². The van der Waals surface area contributed by atoms with Gasteiger partial charge in [-0.3, -0.25) is 4.79 Å². The summed E-state index contributed by atoms with van der Waals surface area (Å²) in [4.78, 5) is 15.9. The van der Waals surface area contributed by atoms with Crippen molar-refractivity contribution in [2.75, 3.05) is 5.32 Å². The summed E-state index contributed by atoms with van der Waals surface area (Å²) in [5.74, 6) is -0.343. The van der Waals surface area contributed by atoms with Crippen molar-refractivity contribution in [3.8, 4) is 0 Å². The third-order valence-electron chi connectivity index (χ3n) is 2.27. The zero-order chi connectivity index (χ0) is 13.1. The number of aryl methyl sites for hydroxylation is 1. The van der Waals surface area contributed by atoms with E-state index in [4.69, 9.17) is 0 Å². The van der Waals surface area contributed by atoms with Crippen LogP contribution >= 0.6 is 22.6 Å². The molecule has 1 heterocycles. The van der Waals surface area contributed by atoms with E-state index in [0.29, 0.717) is 11.4 Å². The molecule has 0 aliphatic carbocycles. The van der Waals surface area contributed by atoms with Gasteiger partial charge in [-0.25, -0.2) is 9.37 Å². The Labute approximate surface area is 118 Å². The van der Waals surface area contributed by atoms with Gasteiger partial charge >= 0.3 is 0 Å². The van der Waals surface area contributed by atoms with Crippen LogP contribution in [0.25, 0.3) is 0 Å². The van der Waals surface area contributed by atoms with Crippen LogP contribution in [0.1, 0.15) is 15.9 Å². The van der Waals surface area contributed by atoms with Crippen LogP contribution in [-0.4, -0.2) is 10.9 Å². The van der Waals surface area contributed by atoms with Crippen molar-refractivity contribution in [1.82, 2.24) is 4.98 Å². The van der Waals surface area contributed by atoms with E-state index in [2.05, 4.69) is 32.9 Å².